The minimum absolute atomic E-state index is 0.0685. The van der Waals surface area contributed by atoms with Crippen LogP contribution in [0.1, 0.15) is 29.6 Å². The molecule has 1 amide bonds. The lowest BCUT2D eigenvalue weighted by atomic mass is 9.92. The summed E-state index contributed by atoms with van der Waals surface area (Å²) in [6.07, 6.45) is 1.73. The second-order valence-electron chi connectivity index (χ2n) is 8.42. The highest BCUT2D eigenvalue weighted by Gasteiger charge is 2.49. The summed E-state index contributed by atoms with van der Waals surface area (Å²) in [4.78, 5) is 25.2. The van der Waals surface area contributed by atoms with Crippen LogP contribution in [-0.4, -0.2) is 43.2 Å². The van der Waals surface area contributed by atoms with Crippen molar-refractivity contribution in [1.82, 2.24) is 5.32 Å². The maximum atomic E-state index is 13.2. The average molecular weight is 425 g/mol. The minimum atomic E-state index is -0.351. The van der Waals surface area contributed by atoms with E-state index in [2.05, 4.69) is 5.32 Å². The average Bonchev–Trinajstić information content (AvgIpc) is 3.45. The number of fused-ring (bicyclic) bond motifs is 1. The number of ether oxygens (including phenoxy) is 3. The van der Waals surface area contributed by atoms with E-state index in [9.17, 15) is 14.0 Å². The molecule has 3 aliphatic rings. The summed E-state index contributed by atoms with van der Waals surface area (Å²) in [7, 11) is 0. The van der Waals surface area contributed by atoms with Crippen LogP contribution in [0.25, 0.3) is 0 Å². The number of amides is 1. The lowest BCUT2D eigenvalue weighted by Crippen LogP contribution is -2.44. The van der Waals surface area contributed by atoms with Gasteiger partial charge >= 0.3 is 0 Å². The summed E-state index contributed by atoms with van der Waals surface area (Å²) in [6.45, 7) is 0.820. The smallest absolute Gasteiger partial charge is 0.223 e. The Balaban J connectivity index is 1.24. The van der Waals surface area contributed by atoms with Gasteiger partial charge < -0.3 is 19.5 Å². The summed E-state index contributed by atoms with van der Waals surface area (Å²) in [5.41, 5.74) is 0.465. The lowest BCUT2D eigenvalue weighted by Gasteiger charge is -2.18. The maximum absolute atomic E-state index is 13.2. The Kier molecular flexibility index (Phi) is 5.46. The molecule has 2 saturated heterocycles. The summed E-state index contributed by atoms with van der Waals surface area (Å²) >= 11 is 0. The van der Waals surface area contributed by atoms with Gasteiger partial charge in [0.1, 0.15) is 23.4 Å². The molecule has 7 heteroatoms. The van der Waals surface area contributed by atoms with E-state index < -0.39 is 0 Å². The predicted octanol–water partition coefficient (Wildman–Crippen LogP) is 3.50. The highest BCUT2D eigenvalue weighted by Crippen LogP contribution is 2.36. The Morgan fingerprint density at radius 3 is 2.52 bits per heavy atom. The molecule has 1 saturated carbocycles. The fraction of sp³-hybridized carbons (Fsp3) is 0.417. The molecular formula is C24H24FNO5. The van der Waals surface area contributed by atoms with Crippen LogP contribution >= 0.6 is 0 Å². The van der Waals surface area contributed by atoms with Crippen molar-refractivity contribution in [3.05, 3.63) is 59.9 Å². The third-order valence-electron chi connectivity index (χ3n) is 6.11. The van der Waals surface area contributed by atoms with E-state index in [4.69, 9.17) is 14.2 Å². The molecule has 5 rings (SSSR count). The van der Waals surface area contributed by atoms with E-state index in [1.54, 1.807) is 24.3 Å². The first kappa shape index (κ1) is 20.2. The molecule has 0 bridgehead atoms. The van der Waals surface area contributed by atoms with Gasteiger partial charge in [0, 0.05) is 18.3 Å². The van der Waals surface area contributed by atoms with Crippen molar-refractivity contribution in [3.63, 3.8) is 0 Å². The minimum Gasteiger partial charge on any atom is -0.457 e. The van der Waals surface area contributed by atoms with Crippen LogP contribution < -0.4 is 10.1 Å². The van der Waals surface area contributed by atoms with Gasteiger partial charge in [0.25, 0.3) is 0 Å². The highest BCUT2D eigenvalue weighted by molar-refractivity contribution is 5.99. The topological polar surface area (TPSA) is 73.9 Å². The Morgan fingerprint density at radius 2 is 1.74 bits per heavy atom. The van der Waals surface area contributed by atoms with Gasteiger partial charge in [-0.3, -0.25) is 9.59 Å². The van der Waals surface area contributed by atoms with Crippen LogP contribution in [-0.2, 0) is 14.3 Å². The third-order valence-corrected chi connectivity index (χ3v) is 6.11. The van der Waals surface area contributed by atoms with E-state index in [0.717, 1.165) is 12.8 Å². The number of hydrogen-bond acceptors (Lipinski definition) is 5. The fourth-order valence-corrected chi connectivity index (χ4v) is 4.29. The van der Waals surface area contributed by atoms with Crippen molar-refractivity contribution in [1.29, 1.82) is 0 Å². The molecule has 2 aromatic rings. The Hall–Kier alpha value is -2.77. The maximum Gasteiger partial charge on any atom is 0.223 e. The molecule has 1 N–H and O–H groups in total. The van der Waals surface area contributed by atoms with Crippen molar-refractivity contribution in [2.45, 2.75) is 37.5 Å². The molecular weight excluding hydrogens is 401 g/mol. The van der Waals surface area contributed by atoms with Crippen LogP contribution in [0.15, 0.2) is 48.5 Å². The van der Waals surface area contributed by atoms with Crippen molar-refractivity contribution < 1.29 is 28.2 Å². The van der Waals surface area contributed by atoms with Crippen molar-refractivity contribution >= 4 is 11.7 Å². The number of halogens is 1. The normalized spacial score (nSPS) is 27.0. The predicted molar refractivity (Wildman–Crippen MR) is 109 cm³/mol. The number of hydrogen-bond donors (Lipinski definition) is 1. The zero-order valence-corrected chi connectivity index (χ0v) is 17.0. The molecule has 1 aliphatic carbocycles. The molecule has 0 unspecified atom stereocenters. The van der Waals surface area contributed by atoms with Gasteiger partial charge in [-0.25, -0.2) is 4.39 Å². The summed E-state index contributed by atoms with van der Waals surface area (Å²) in [5.74, 6) is 0.589. The molecule has 2 aliphatic heterocycles. The van der Waals surface area contributed by atoms with E-state index in [0.29, 0.717) is 30.3 Å². The fourth-order valence-electron chi connectivity index (χ4n) is 4.29. The van der Waals surface area contributed by atoms with Gasteiger partial charge in [0.15, 0.2) is 5.78 Å². The highest BCUT2D eigenvalue weighted by atomic mass is 19.1. The van der Waals surface area contributed by atoms with E-state index in [1.807, 2.05) is 0 Å². The number of ketones is 1. The molecule has 2 heterocycles. The summed E-state index contributed by atoms with van der Waals surface area (Å²) in [5, 5.41) is 3.04. The Labute approximate surface area is 179 Å². The lowest BCUT2D eigenvalue weighted by molar-refractivity contribution is -0.123. The third kappa shape index (κ3) is 4.34. The Morgan fingerprint density at radius 1 is 1.00 bits per heavy atom. The van der Waals surface area contributed by atoms with Crippen molar-refractivity contribution in [2.75, 3.05) is 13.2 Å². The van der Waals surface area contributed by atoms with Crippen LogP contribution in [0.4, 0.5) is 4.39 Å². The van der Waals surface area contributed by atoms with Gasteiger partial charge in [0.2, 0.25) is 5.91 Å². The number of benzene rings is 2. The van der Waals surface area contributed by atoms with Crippen molar-refractivity contribution in [3.8, 4) is 11.5 Å². The van der Waals surface area contributed by atoms with Gasteiger partial charge in [-0.1, -0.05) is 12.1 Å². The van der Waals surface area contributed by atoms with E-state index in [1.165, 1.54) is 24.3 Å². The molecule has 31 heavy (non-hydrogen) atoms. The Bertz CT molecular complexity index is 974. The molecule has 0 radical (unpaired) electrons. The molecule has 0 aromatic heterocycles. The largest absolute Gasteiger partial charge is 0.457 e. The first-order chi connectivity index (χ1) is 15.1. The summed E-state index contributed by atoms with van der Waals surface area (Å²) in [6, 6.07) is 12.5. The molecule has 4 atom stereocenters. The number of nitrogens with one attached hydrogen (secondary N) is 1. The molecule has 6 nitrogen and oxygen atoms in total. The zero-order chi connectivity index (χ0) is 21.4. The van der Waals surface area contributed by atoms with Gasteiger partial charge in [-0.2, -0.15) is 0 Å². The van der Waals surface area contributed by atoms with E-state index in [-0.39, 0.29) is 54.0 Å². The zero-order valence-electron chi connectivity index (χ0n) is 17.0. The van der Waals surface area contributed by atoms with Crippen LogP contribution in [0.2, 0.25) is 0 Å². The van der Waals surface area contributed by atoms with Gasteiger partial charge in [-0.15, -0.1) is 0 Å². The molecule has 3 fully saturated rings. The van der Waals surface area contributed by atoms with Crippen LogP contribution in [0.5, 0.6) is 11.5 Å². The number of carbonyl (C=O) groups excluding carboxylic acids is 2. The first-order valence-electron chi connectivity index (χ1n) is 10.7. The first-order valence-corrected chi connectivity index (χ1v) is 10.7. The second-order valence-corrected chi connectivity index (χ2v) is 8.42. The van der Waals surface area contributed by atoms with Gasteiger partial charge in [-0.05, 0) is 49.2 Å². The van der Waals surface area contributed by atoms with Gasteiger partial charge in [0.05, 0.1) is 30.9 Å². The molecule has 0 spiro atoms. The SMILES string of the molecule is O=C(C[C@H]1CO[C@H]2[C@@H]1OC[C@@H]2NC(=O)C1CC1)c1ccccc1Oc1ccc(F)cc1. The van der Waals surface area contributed by atoms with E-state index >= 15 is 0 Å². The monoisotopic (exact) mass is 425 g/mol. The quantitative estimate of drug-likeness (QED) is 0.688. The summed E-state index contributed by atoms with van der Waals surface area (Å²) < 4.78 is 30.8. The number of para-hydroxylation sites is 1. The van der Waals surface area contributed by atoms with Crippen LogP contribution in [0.3, 0.4) is 0 Å². The number of Topliss-reactive ketones (excluding diaryl/α,β-unsaturated/α-hetero) is 1. The number of carbonyl (C=O) groups is 2. The number of rotatable bonds is 7. The molecule has 162 valence electrons. The second kappa shape index (κ2) is 8.40. The van der Waals surface area contributed by atoms with Crippen molar-refractivity contribution in [2.24, 2.45) is 11.8 Å². The molecule has 2 aromatic carbocycles. The van der Waals surface area contributed by atoms with Crippen LogP contribution in [0, 0.1) is 17.7 Å². The standard InChI is InChI=1S/C24H24FNO5/c25-16-7-9-17(10-8-16)31-21-4-2-1-3-18(21)20(27)11-15-12-29-23-19(13-30-22(15)23)26-24(28)14-5-6-14/h1-4,7-10,14-15,19,22-23H,5-6,11-13H2,(H,26,28)/t15-,19-,22+,23+/m0/s1.